The molecule has 1 unspecified atom stereocenters. The van der Waals surface area contributed by atoms with E-state index in [0.29, 0.717) is 18.7 Å². The van der Waals surface area contributed by atoms with Crippen molar-refractivity contribution in [3.63, 3.8) is 0 Å². The molecule has 110 valence electrons. The molecule has 0 fully saturated rings. The van der Waals surface area contributed by atoms with Crippen LogP contribution in [0.4, 0.5) is 0 Å². The number of ether oxygens (including phenoxy) is 1. The van der Waals surface area contributed by atoms with Crippen LogP contribution in [0.3, 0.4) is 0 Å². The molecule has 0 bridgehead atoms. The molecule has 1 aromatic carbocycles. The normalized spacial score (nSPS) is 11.7. The maximum atomic E-state index is 11.6. The van der Waals surface area contributed by atoms with Crippen molar-refractivity contribution in [3.8, 4) is 5.75 Å². The first-order valence-corrected chi connectivity index (χ1v) is 7.28. The molecule has 0 saturated carbocycles. The predicted molar refractivity (Wildman–Crippen MR) is 78.1 cm³/mol. The summed E-state index contributed by atoms with van der Waals surface area (Å²) in [6, 6.07) is 7.47. The van der Waals surface area contributed by atoms with Crippen LogP contribution >= 0.6 is 11.8 Å². The molecule has 1 amide bonds. The third-order valence-electron chi connectivity index (χ3n) is 2.75. The minimum absolute atomic E-state index is 0.0941. The molecule has 1 rings (SSSR count). The fraction of sp³-hybridized carbons (Fsp3) is 0.429. The van der Waals surface area contributed by atoms with Gasteiger partial charge in [0.1, 0.15) is 5.75 Å². The van der Waals surface area contributed by atoms with Gasteiger partial charge in [-0.2, -0.15) is 0 Å². The van der Waals surface area contributed by atoms with Gasteiger partial charge in [-0.15, -0.1) is 11.8 Å². The van der Waals surface area contributed by atoms with E-state index < -0.39 is 11.9 Å². The Labute approximate surface area is 122 Å². The fourth-order valence-corrected chi connectivity index (χ4v) is 2.15. The lowest BCUT2D eigenvalue weighted by Crippen LogP contribution is -2.28. The Kier molecular flexibility index (Phi) is 6.93. The van der Waals surface area contributed by atoms with Gasteiger partial charge in [0, 0.05) is 11.4 Å². The summed E-state index contributed by atoms with van der Waals surface area (Å²) in [5.41, 5.74) is 0. The second-order valence-electron chi connectivity index (χ2n) is 4.34. The minimum Gasteiger partial charge on any atom is -0.497 e. The molecule has 5 nitrogen and oxygen atoms in total. The van der Waals surface area contributed by atoms with Gasteiger partial charge in [-0.3, -0.25) is 9.59 Å². The van der Waals surface area contributed by atoms with E-state index >= 15 is 0 Å². The van der Waals surface area contributed by atoms with Crippen molar-refractivity contribution in [3.05, 3.63) is 24.3 Å². The number of hydrogen-bond acceptors (Lipinski definition) is 4. The maximum absolute atomic E-state index is 11.6. The number of nitrogens with one attached hydrogen (secondary N) is 1. The van der Waals surface area contributed by atoms with E-state index in [1.165, 1.54) is 11.8 Å². The molecule has 20 heavy (non-hydrogen) atoms. The Morgan fingerprint density at radius 2 is 2.00 bits per heavy atom. The van der Waals surface area contributed by atoms with Crippen LogP contribution in [0.1, 0.15) is 13.3 Å². The first-order chi connectivity index (χ1) is 9.52. The lowest BCUT2D eigenvalue weighted by molar-refractivity contribution is -0.141. The summed E-state index contributed by atoms with van der Waals surface area (Å²) >= 11 is 1.43. The van der Waals surface area contributed by atoms with E-state index in [-0.39, 0.29) is 5.91 Å². The van der Waals surface area contributed by atoms with Crippen molar-refractivity contribution in [1.82, 2.24) is 5.32 Å². The zero-order chi connectivity index (χ0) is 15.0. The number of aliphatic carboxylic acids is 1. The highest BCUT2D eigenvalue weighted by Gasteiger charge is 2.10. The summed E-state index contributed by atoms with van der Waals surface area (Å²) in [4.78, 5) is 23.2. The van der Waals surface area contributed by atoms with Crippen LogP contribution in [0, 0.1) is 5.92 Å². The van der Waals surface area contributed by atoms with E-state index in [0.717, 1.165) is 10.6 Å². The Morgan fingerprint density at radius 1 is 1.35 bits per heavy atom. The molecule has 6 heteroatoms. The lowest BCUT2D eigenvalue weighted by atomic mass is 10.1. The molecule has 0 aliphatic rings. The van der Waals surface area contributed by atoms with E-state index in [4.69, 9.17) is 9.84 Å². The first kappa shape index (κ1) is 16.4. The van der Waals surface area contributed by atoms with Crippen LogP contribution in [0.25, 0.3) is 0 Å². The van der Waals surface area contributed by atoms with Gasteiger partial charge >= 0.3 is 5.97 Å². The number of rotatable bonds is 8. The number of carboxylic acid groups (broad SMARTS) is 1. The van der Waals surface area contributed by atoms with Crippen LogP contribution in [-0.2, 0) is 9.59 Å². The summed E-state index contributed by atoms with van der Waals surface area (Å²) in [7, 11) is 1.60. The number of carbonyl (C=O) groups is 2. The number of benzene rings is 1. The molecule has 1 atom stereocenters. The van der Waals surface area contributed by atoms with Gasteiger partial charge in [-0.25, -0.2) is 0 Å². The summed E-state index contributed by atoms with van der Waals surface area (Å²) in [5, 5.41) is 11.4. The topological polar surface area (TPSA) is 75.6 Å². The van der Waals surface area contributed by atoms with Crippen LogP contribution < -0.4 is 10.1 Å². The Balaban J connectivity index is 2.23. The van der Waals surface area contributed by atoms with Crippen molar-refractivity contribution in [2.24, 2.45) is 5.92 Å². The number of hydrogen-bond donors (Lipinski definition) is 2. The van der Waals surface area contributed by atoms with Gasteiger partial charge < -0.3 is 15.2 Å². The van der Waals surface area contributed by atoms with Gasteiger partial charge in [-0.1, -0.05) is 6.92 Å². The molecular formula is C14H19NO4S. The lowest BCUT2D eigenvalue weighted by Gasteiger charge is -2.08. The Bertz CT molecular complexity index is 447. The predicted octanol–water partition coefficient (Wildman–Crippen LogP) is 2.01. The zero-order valence-corrected chi connectivity index (χ0v) is 12.4. The Morgan fingerprint density at radius 3 is 2.55 bits per heavy atom. The van der Waals surface area contributed by atoms with Crippen molar-refractivity contribution in [1.29, 1.82) is 0 Å². The molecule has 0 aromatic heterocycles. The molecule has 0 radical (unpaired) electrons. The second-order valence-corrected chi connectivity index (χ2v) is 5.39. The van der Waals surface area contributed by atoms with Crippen LogP contribution in [-0.4, -0.2) is 36.4 Å². The number of amides is 1. The van der Waals surface area contributed by atoms with E-state index in [1.54, 1.807) is 14.0 Å². The third kappa shape index (κ3) is 5.97. The van der Waals surface area contributed by atoms with Crippen molar-refractivity contribution < 1.29 is 19.4 Å². The molecule has 0 heterocycles. The minimum atomic E-state index is -0.841. The van der Waals surface area contributed by atoms with E-state index in [2.05, 4.69) is 5.32 Å². The van der Waals surface area contributed by atoms with Crippen molar-refractivity contribution in [2.75, 3.05) is 19.4 Å². The van der Waals surface area contributed by atoms with Gasteiger partial charge in [0.05, 0.1) is 18.8 Å². The third-order valence-corrected chi connectivity index (χ3v) is 3.76. The van der Waals surface area contributed by atoms with E-state index in [9.17, 15) is 9.59 Å². The number of methoxy groups -OCH3 is 1. The highest BCUT2D eigenvalue weighted by molar-refractivity contribution is 8.00. The van der Waals surface area contributed by atoms with Gasteiger partial charge in [0.2, 0.25) is 5.91 Å². The summed E-state index contributed by atoms with van der Waals surface area (Å²) in [6.45, 7) is 2.01. The number of carbonyl (C=O) groups excluding carboxylic acids is 1. The average molecular weight is 297 g/mol. The monoisotopic (exact) mass is 297 g/mol. The first-order valence-electron chi connectivity index (χ1n) is 6.29. The van der Waals surface area contributed by atoms with Gasteiger partial charge in [0.15, 0.2) is 0 Å². The largest absolute Gasteiger partial charge is 0.497 e. The highest BCUT2D eigenvalue weighted by Crippen LogP contribution is 2.20. The Hall–Kier alpha value is -1.69. The van der Waals surface area contributed by atoms with Gasteiger partial charge in [0.25, 0.3) is 0 Å². The molecule has 2 N–H and O–H groups in total. The van der Waals surface area contributed by atoms with Crippen molar-refractivity contribution in [2.45, 2.75) is 18.2 Å². The average Bonchev–Trinajstić information content (AvgIpc) is 2.45. The summed E-state index contributed by atoms with van der Waals surface area (Å²) in [6.07, 6.45) is 0.439. The number of carboxylic acids is 1. The fourth-order valence-electron chi connectivity index (χ4n) is 1.42. The number of thioether (sulfide) groups is 1. The van der Waals surface area contributed by atoms with Crippen molar-refractivity contribution >= 4 is 23.6 Å². The molecule has 1 aromatic rings. The molecule has 0 spiro atoms. The summed E-state index contributed by atoms with van der Waals surface area (Å²) in [5.74, 6) is -0.283. The maximum Gasteiger partial charge on any atom is 0.306 e. The molecule has 0 aliphatic heterocycles. The second kappa shape index (κ2) is 8.47. The zero-order valence-electron chi connectivity index (χ0n) is 11.6. The summed E-state index contributed by atoms with van der Waals surface area (Å²) < 4.78 is 5.05. The molecular weight excluding hydrogens is 278 g/mol. The SMILES string of the molecule is COc1ccc(SCC(=O)NCCC(C)C(=O)O)cc1. The highest BCUT2D eigenvalue weighted by atomic mass is 32.2. The molecule has 0 aliphatic carbocycles. The van der Waals surface area contributed by atoms with E-state index in [1.807, 2.05) is 24.3 Å². The van der Waals surface area contributed by atoms with Crippen LogP contribution in [0.2, 0.25) is 0 Å². The standard InChI is InChI=1S/C14H19NO4S/c1-10(14(17)18)7-8-15-13(16)9-20-12-5-3-11(19-2)4-6-12/h3-6,10H,7-9H2,1-2H3,(H,15,16)(H,17,18). The smallest absolute Gasteiger partial charge is 0.306 e. The van der Waals surface area contributed by atoms with Crippen LogP contribution in [0.15, 0.2) is 29.2 Å². The molecule has 0 saturated heterocycles. The van der Waals surface area contributed by atoms with Crippen LogP contribution in [0.5, 0.6) is 5.75 Å². The van der Waals surface area contributed by atoms with Gasteiger partial charge in [-0.05, 0) is 30.7 Å². The quantitative estimate of drug-likeness (QED) is 0.718.